The number of benzene rings is 2. The van der Waals surface area contributed by atoms with Crippen LogP contribution < -0.4 is 0 Å². The first-order valence-corrected chi connectivity index (χ1v) is 11.2. The maximum absolute atomic E-state index is 13.0. The molecular formula is C27H33FO. The standard InChI is InChI=1S/C27H33FO/c1-2-3-4-5-6-21-29-27-19-15-25(16-20-27)24-13-9-22(10-14-24)7-8-23-11-17-26(28)18-12-23/h9-14,17-18,25,27H,2-6,15-16,19-21H2,1H3. The van der Waals surface area contributed by atoms with E-state index in [0.717, 1.165) is 17.7 Å². The molecule has 0 unspecified atom stereocenters. The molecule has 154 valence electrons. The van der Waals surface area contributed by atoms with Crippen LogP contribution in [0.3, 0.4) is 0 Å². The van der Waals surface area contributed by atoms with Crippen LogP contribution in [0.5, 0.6) is 0 Å². The second kappa shape index (κ2) is 11.8. The van der Waals surface area contributed by atoms with Crippen molar-refractivity contribution in [2.75, 3.05) is 6.61 Å². The van der Waals surface area contributed by atoms with Gasteiger partial charge in [0.1, 0.15) is 5.82 Å². The summed E-state index contributed by atoms with van der Waals surface area (Å²) in [4.78, 5) is 0. The van der Waals surface area contributed by atoms with E-state index in [-0.39, 0.29) is 5.82 Å². The first kappa shape index (κ1) is 21.6. The highest BCUT2D eigenvalue weighted by atomic mass is 19.1. The molecule has 0 saturated heterocycles. The summed E-state index contributed by atoms with van der Waals surface area (Å²) in [5.41, 5.74) is 3.24. The number of hydrogen-bond acceptors (Lipinski definition) is 1. The fourth-order valence-corrected chi connectivity index (χ4v) is 4.03. The van der Waals surface area contributed by atoms with Gasteiger partial charge in [0.05, 0.1) is 6.10 Å². The predicted octanol–water partition coefficient (Wildman–Crippen LogP) is 7.24. The van der Waals surface area contributed by atoms with E-state index in [1.165, 1.54) is 75.5 Å². The van der Waals surface area contributed by atoms with Crippen molar-refractivity contribution in [3.05, 3.63) is 71.0 Å². The van der Waals surface area contributed by atoms with Crippen LogP contribution in [-0.4, -0.2) is 12.7 Å². The van der Waals surface area contributed by atoms with Crippen molar-refractivity contribution in [3.8, 4) is 11.8 Å². The molecule has 0 aromatic heterocycles. The fourth-order valence-electron chi connectivity index (χ4n) is 4.03. The SMILES string of the molecule is CCCCCCCOC1CCC(c2ccc(C#Cc3ccc(F)cc3)cc2)CC1. The van der Waals surface area contributed by atoms with Crippen molar-refractivity contribution in [1.29, 1.82) is 0 Å². The first-order valence-electron chi connectivity index (χ1n) is 11.2. The Kier molecular flexibility index (Phi) is 8.78. The lowest BCUT2D eigenvalue weighted by molar-refractivity contribution is 0.0226. The lowest BCUT2D eigenvalue weighted by Gasteiger charge is -2.29. The highest BCUT2D eigenvalue weighted by molar-refractivity contribution is 5.43. The van der Waals surface area contributed by atoms with E-state index in [1.807, 2.05) is 0 Å². The third-order valence-corrected chi connectivity index (χ3v) is 5.85. The predicted molar refractivity (Wildman–Crippen MR) is 119 cm³/mol. The van der Waals surface area contributed by atoms with Gasteiger partial charge in [-0.05, 0) is 80.0 Å². The minimum Gasteiger partial charge on any atom is -0.378 e. The van der Waals surface area contributed by atoms with E-state index >= 15 is 0 Å². The van der Waals surface area contributed by atoms with Gasteiger partial charge in [0, 0.05) is 17.7 Å². The Morgan fingerprint density at radius 1 is 0.793 bits per heavy atom. The smallest absolute Gasteiger partial charge is 0.123 e. The molecule has 0 spiro atoms. The molecule has 0 atom stereocenters. The maximum Gasteiger partial charge on any atom is 0.123 e. The minimum absolute atomic E-state index is 0.230. The lowest BCUT2D eigenvalue weighted by Crippen LogP contribution is -2.21. The quantitative estimate of drug-likeness (QED) is 0.340. The molecule has 0 aliphatic heterocycles. The molecule has 0 N–H and O–H groups in total. The third-order valence-electron chi connectivity index (χ3n) is 5.85. The van der Waals surface area contributed by atoms with Crippen LogP contribution in [0.15, 0.2) is 48.5 Å². The van der Waals surface area contributed by atoms with E-state index in [0.29, 0.717) is 12.0 Å². The van der Waals surface area contributed by atoms with Crippen molar-refractivity contribution < 1.29 is 9.13 Å². The van der Waals surface area contributed by atoms with Gasteiger partial charge in [0.25, 0.3) is 0 Å². The highest BCUT2D eigenvalue weighted by Crippen LogP contribution is 2.34. The second-order valence-corrected chi connectivity index (χ2v) is 8.14. The largest absolute Gasteiger partial charge is 0.378 e. The molecule has 29 heavy (non-hydrogen) atoms. The minimum atomic E-state index is -0.230. The molecule has 1 aliphatic carbocycles. The highest BCUT2D eigenvalue weighted by Gasteiger charge is 2.22. The molecule has 2 aromatic carbocycles. The van der Waals surface area contributed by atoms with Gasteiger partial charge in [0.2, 0.25) is 0 Å². The Morgan fingerprint density at radius 2 is 1.38 bits per heavy atom. The van der Waals surface area contributed by atoms with E-state index in [9.17, 15) is 4.39 Å². The lowest BCUT2D eigenvalue weighted by atomic mass is 9.82. The monoisotopic (exact) mass is 392 g/mol. The number of unbranched alkanes of at least 4 members (excludes halogenated alkanes) is 4. The van der Waals surface area contributed by atoms with E-state index < -0.39 is 0 Å². The van der Waals surface area contributed by atoms with Crippen LogP contribution in [-0.2, 0) is 4.74 Å². The zero-order valence-corrected chi connectivity index (χ0v) is 17.6. The summed E-state index contributed by atoms with van der Waals surface area (Å²) in [6.07, 6.45) is 11.7. The van der Waals surface area contributed by atoms with E-state index in [4.69, 9.17) is 4.74 Å². The average molecular weight is 393 g/mol. The summed E-state index contributed by atoms with van der Waals surface area (Å²) in [5, 5.41) is 0. The van der Waals surface area contributed by atoms with Crippen LogP contribution in [0.25, 0.3) is 0 Å². The molecule has 1 saturated carbocycles. The van der Waals surface area contributed by atoms with Gasteiger partial charge in [-0.2, -0.15) is 0 Å². The van der Waals surface area contributed by atoms with Gasteiger partial charge in [0.15, 0.2) is 0 Å². The molecule has 1 fully saturated rings. The number of ether oxygens (including phenoxy) is 1. The summed E-state index contributed by atoms with van der Waals surface area (Å²) >= 11 is 0. The normalized spacial score (nSPS) is 18.8. The Balaban J connectivity index is 1.41. The zero-order valence-electron chi connectivity index (χ0n) is 17.6. The molecule has 1 nitrogen and oxygen atoms in total. The Bertz CT molecular complexity index is 774. The molecule has 0 heterocycles. The van der Waals surface area contributed by atoms with Gasteiger partial charge < -0.3 is 4.74 Å². The molecule has 2 aromatic rings. The van der Waals surface area contributed by atoms with Gasteiger partial charge >= 0.3 is 0 Å². The maximum atomic E-state index is 13.0. The Morgan fingerprint density at radius 3 is 2.00 bits per heavy atom. The van der Waals surface area contributed by atoms with Gasteiger partial charge in [-0.15, -0.1) is 0 Å². The van der Waals surface area contributed by atoms with Crippen molar-refractivity contribution in [3.63, 3.8) is 0 Å². The third kappa shape index (κ3) is 7.33. The topological polar surface area (TPSA) is 9.23 Å². The Labute approximate surface area is 175 Å². The summed E-state index contributed by atoms with van der Waals surface area (Å²) < 4.78 is 19.1. The average Bonchev–Trinajstić information content (AvgIpc) is 2.77. The molecule has 0 bridgehead atoms. The van der Waals surface area contributed by atoms with Gasteiger partial charge in [-0.25, -0.2) is 4.39 Å². The molecular weight excluding hydrogens is 359 g/mol. The Hall–Kier alpha value is -2.11. The fraction of sp³-hybridized carbons (Fsp3) is 0.481. The molecule has 1 aliphatic rings. The van der Waals surface area contributed by atoms with Crippen molar-refractivity contribution >= 4 is 0 Å². The molecule has 0 radical (unpaired) electrons. The van der Waals surface area contributed by atoms with Crippen molar-refractivity contribution in [1.82, 2.24) is 0 Å². The number of halogens is 1. The molecule has 2 heteroatoms. The van der Waals surface area contributed by atoms with Crippen molar-refractivity contribution in [2.45, 2.75) is 76.7 Å². The van der Waals surface area contributed by atoms with Crippen LogP contribution in [0.4, 0.5) is 4.39 Å². The van der Waals surface area contributed by atoms with Crippen LogP contribution in [0, 0.1) is 17.7 Å². The van der Waals surface area contributed by atoms with E-state index in [2.05, 4.69) is 43.0 Å². The van der Waals surface area contributed by atoms with Gasteiger partial charge in [-0.1, -0.05) is 56.6 Å². The molecule has 0 amide bonds. The number of rotatable bonds is 8. The molecule has 3 rings (SSSR count). The summed E-state index contributed by atoms with van der Waals surface area (Å²) in [7, 11) is 0. The summed E-state index contributed by atoms with van der Waals surface area (Å²) in [6.45, 7) is 3.18. The summed E-state index contributed by atoms with van der Waals surface area (Å²) in [6, 6.07) is 14.9. The number of hydrogen-bond donors (Lipinski definition) is 0. The zero-order chi connectivity index (χ0) is 20.3. The van der Waals surface area contributed by atoms with Crippen LogP contribution >= 0.6 is 0 Å². The first-order chi connectivity index (χ1) is 14.2. The van der Waals surface area contributed by atoms with Gasteiger partial charge in [-0.3, -0.25) is 0 Å². The van der Waals surface area contributed by atoms with Crippen LogP contribution in [0.1, 0.15) is 87.3 Å². The van der Waals surface area contributed by atoms with Crippen molar-refractivity contribution in [2.24, 2.45) is 0 Å². The van der Waals surface area contributed by atoms with Crippen LogP contribution in [0.2, 0.25) is 0 Å². The van der Waals surface area contributed by atoms with E-state index in [1.54, 1.807) is 12.1 Å². The second-order valence-electron chi connectivity index (χ2n) is 8.14. The summed E-state index contributed by atoms with van der Waals surface area (Å²) in [5.74, 6) is 6.67.